The molecule has 0 amide bonds. The molecular formula is C10H11N3S. The van der Waals surface area contributed by atoms with Gasteiger partial charge in [-0.05, 0) is 35.6 Å². The van der Waals surface area contributed by atoms with Crippen molar-refractivity contribution in [3.63, 3.8) is 0 Å². The van der Waals surface area contributed by atoms with Crippen molar-refractivity contribution >= 4 is 11.3 Å². The molecule has 0 aliphatic rings. The molecule has 0 bridgehead atoms. The number of hydrogen-bond acceptors (Lipinski definition) is 4. The van der Waals surface area contributed by atoms with Gasteiger partial charge in [0.1, 0.15) is 0 Å². The minimum Gasteiger partial charge on any atom is -0.320 e. The van der Waals surface area contributed by atoms with Gasteiger partial charge in [0.2, 0.25) is 0 Å². The van der Waals surface area contributed by atoms with Gasteiger partial charge >= 0.3 is 0 Å². The van der Waals surface area contributed by atoms with E-state index in [-0.39, 0.29) is 6.04 Å². The average Bonchev–Trinajstić information content (AvgIpc) is 2.65. The molecule has 0 saturated heterocycles. The highest BCUT2D eigenvalue weighted by atomic mass is 32.1. The number of nitrogens with two attached hydrogens (primary N) is 1. The molecule has 0 spiro atoms. The topological polar surface area (TPSA) is 51.8 Å². The van der Waals surface area contributed by atoms with Gasteiger partial charge in [0.25, 0.3) is 0 Å². The quantitative estimate of drug-likeness (QED) is 0.814. The van der Waals surface area contributed by atoms with Crippen molar-refractivity contribution in [2.45, 2.75) is 13.0 Å². The molecule has 2 aromatic heterocycles. The maximum absolute atomic E-state index is 6.10. The Hall–Kier alpha value is -1.26. The molecule has 2 heterocycles. The first-order chi connectivity index (χ1) is 6.79. The van der Waals surface area contributed by atoms with Crippen molar-refractivity contribution < 1.29 is 0 Å². The second kappa shape index (κ2) is 3.86. The van der Waals surface area contributed by atoms with Gasteiger partial charge in [0.15, 0.2) is 0 Å². The van der Waals surface area contributed by atoms with Crippen LogP contribution in [-0.2, 0) is 0 Å². The Morgan fingerprint density at radius 1 is 1.36 bits per heavy atom. The predicted molar refractivity (Wildman–Crippen MR) is 57.1 cm³/mol. The minimum absolute atomic E-state index is 0.0863. The summed E-state index contributed by atoms with van der Waals surface area (Å²) in [5.41, 5.74) is 8.27. The lowest BCUT2D eigenvalue weighted by Crippen LogP contribution is -2.12. The maximum Gasteiger partial charge on any atom is 0.0579 e. The zero-order valence-corrected chi connectivity index (χ0v) is 8.66. The molecule has 0 fully saturated rings. The van der Waals surface area contributed by atoms with E-state index in [1.54, 1.807) is 23.7 Å². The summed E-state index contributed by atoms with van der Waals surface area (Å²) in [6, 6.07) is 3.87. The fraction of sp³-hybridized carbons (Fsp3) is 0.200. The Morgan fingerprint density at radius 2 is 2.21 bits per heavy atom. The molecule has 0 aromatic carbocycles. The van der Waals surface area contributed by atoms with Crippen LogP contribution in [0, 0.1) is 6.92 Å². The van der Waals surface area contributed by atoms with Crippen LogP contribution in [0.1, 0.15) is 22.0 Å². The van der Waals surface area contributed by atoms with Gasteiger partial charge in [0.05, 0.1) is 12.2 Å². The minimum atomic E-state index is -0.0863. The van der Waals surface area contributed by atoms with E-state index in [0.717, 1.165) is 5.56 Å². The number of aryl methyl sites for hydroxylation is 1. The molecule has 1 atom stereocenters. The SMILES string of the molecule is Cc1sccc1C(N)c1ccnnc1. The van der Waals surface area contributed by atoms with E-state index in [4.69, 9.17) is 5.73 Å². The third kappa shape index (κ3) is 1.66. The lowest BCUT2D eigenvalue weighted by Gasteiger charge is -2.10. The zero-order valence-electron chi connectivity index (χ0n) is 7.84. The summed E-state index contributed by atoms with van der Waals surface area (Å²) in [7, 11) is 0. The van der Waals surface area contributed by atoms with Gasteiger partial charge in [-0.2, -0.15) is 10.2 Å². The van der Waals surface area contributed by atoms with Crippen LogP contribution < -0.4 is 5.73 Å². The molecule has 0 saturated carbocycles. The Bertz CT molecular complexity index is 410. The molecule has 0 aliphatic carbocycles. The van der Waals surface area contributed by atoms with E-state index >= 15 is 0 Å². The van der Waals surface area contributed by atoms with Crippen LogP contribution in [-0.4, -0.2) is 10.2 Å². The number of nitrogens with zero attached hydrogens (tertiary/aromatic N) is 2. The number of hydrogen-bond donors (Lipinski definition) is 1. The van der Waals surface area contributed by atoms with Crippen LogP contribution in [0.4, 0.5) is 0 Å². The van der Waals surface area contributed by atoms with Crippen LogP contribution in [0.15, 0.2) is 29.9 Å². The molecule has 4 heteroatoms. The molecule has 2 aromatic rings. The lowest BCUT2D eigenvalue weighted by molar-refractivity contribution is 0.844. The molecule has 0 aliphatic heterocycles. The zero-order chi connectivity index (χ0) is 9.97. The summed E-state index contributed by atoms with van der Waals surface area (Å²) in [5, 5.41) is 9.60. The summed E-state index contributed by atoms with van der Waals surface area (Å²) in [5.74, 6) is 0. The standard InChI is InChI=1S/C10H11N3S/c1-7-9(3-5-14-7)10(11)8-2-4-12-13-6-8/h2-6,10H,11H2,1H3. The normalized spacial score (nSPS) is 12.7. The molecule has 72 valence electrons. The number of aromatic nitrogens is 2. The van der Waals surface area contributed by atoms with E-state index in [1.165, 1.54) is 10.4 Å². The van der Waals surface area contributed by atoms with E-state index in [9.17, 15) is 0 Å². The Kier molecular flexibility index (Phi) is 2.56. The van der Waals surface area contributed by atoms with Crippen LogP contribution >= 0.6 is 11.3 Å². The van der Waals surface area contributed by atoms with Crippen LogP contribution in [0.5, 0.6) is 0 Å². The van der Waals surface area contributed by atoms with Crippen molar-refractivity contribution in [2.75, 3.05) is 0 Å². The van der Waals surface area contributed by atoms with Gasteiger partial charge in [0, 0.05) is 11.1 Å². The van der Waals surface area contributed by atoms with E-state index in [0.29, 0.717) is 0 Å². The van der Waals surface area contributed by atoms with Gasteiger partial charge < -0.3 is 5.73 Å². The molecule has 3 nitrogen and oxygen atoms in total. The van der Waals surface area contributed by atoms with Gasteiger partial charge in [-0.1, -0.05) is 0 Å². The average molecular weight is 205 g/mol. The fourth-order valence-electron chi connectivity index (χ4n) is 1.38. The van der Waals surface area contributed by atoms with Gasteiger partial charge in [-0.25, -0.2) is 0 Å². The first-order valence-electron chi connectivity index (χ1n) is 4.35. The highest BCUT2D eigenvalue weighted by Crippen LogP contribution is 2.25. The highest BCUT2D eigenvalue weighted by Gasteiger charge is 2.11. The summed E-state index contributed by atoms with van der Waals surface area (Å²) in [6.45, 7) is 2.08. The largest absolute Gasteiger partial charge is 0.320 e. The van der Waals surface area contributed by atoms with Crippen molar-refractivity contribution in [3.05, 3.63) is 45.9 Å². The van der Waals surface area contributed by atoms with Crippen LogP contribution in [0.25, 0.3) is 0 Å². The smallest absolute Gasteiger partial charge is 0.0579 e. The van der Waals surface area contributed by atoms with Gasteiger partial charge in [-0.3, -0.25) is 0 Å². The third-order valence-electron chi connectivity index (χ3n) is 2.20. The fourth-order valence-corrected chi connectivity index (χ4v) is 2.13. The molecule has 1 unspecified atom stereocenters. The van der Waals surface area contributed by atoms with E-state index in [2.05, 4.69) is 28.6 Å². The van der Waals surface area contributed by atoms with Crippen LogP contribution in [0.2, 0.25) is 0 Å². The van der Waals surface area contributed by atoms with Crippen LogP contribution in [0.3, 0.4) is 0 Å². The first kappa shape index (κ1) is 9.30. The van der Waals surface area contributed by atoms with Crippen molar-refractivity contribution in [2.24, 2.45) is 5.73 Å². The second-order valence-corrected chi connectivity index (χ2v) is 4.21. The van der Waals surface area contributed by atoms with Gasteiger partial charge in [-0.15, -0.1) is 11.3 Å². The Morgan fingerprint density at radius 3 is 2.79 bits per heavy atom. The lowest BCUT2D eigenvalue weighted by atomic mass is 10.0. The molecule has 0 radical (unpaired) electrons. The first-order valence-corrected chi connectivity index (χ1v) is 5.23. The molecule has 2 rings (SSSR count). The number of rotatable bonds is 2. The van der Waals surface area contributed by atoms with Crippen molar-refractivity contribution in [1.29, 1.82) is 0 Å². The second-order valence-electron chi connectivity index (χ2n) is 3.09. The molecule has 2 N–H and O–H groups in total. The number of thiophene rings is 1. The summed E-state index contributed by atoms with van der Waals surface area (Å²) in [6.07, 6.45) is 3.37. The highest BCUT2D eigenvalue weighted by molar-refractivity contribution is 7.10. The maximum atomic E-state index is 6.10. The van der Waals surface area contributed by atoms with E-state index in [1.807, 2.05) is 6.07 Å². The molecular weight excluding hydrogens is 194 g/mol. The van der Waals surface area contributed by atoms with E-state index < -0.39 is 0 Å². The summed E-state index contributed by atoms with van der Waals surface area (Å²) >= 11 is 1.71. The monoisotopic (exact) mass is 205 g/mol. The Labute approximate surface area is 86.6 Å². The Balaban J connectivity index is 2.34. The predicted octanol–water partition coefficient (Wildman–Crippen LogP) is 1.89. The summed E-state index contributed by atoms with van der Waals surface area (Å²) < 4.78 is 0. The van der Waals surface area contributed by atoms with Crippen molar-refractivity contribution in [1.82, 2.24) is 10.2 Å². The summed E-state index contributed by atoms with van der Waals surface area (Å²) in [4.78, 5) is 1.26. The van der Waals surface area contributed by atoms with Crippen molar-refractivity contribution in [3.8, 4) is 0 Å². The molecule has 14 heavy (non-hydrogen) atoms. The third-order valence-corrected chi connectivity index (χ3v) is 3.06.